The number of piperidine rings is 2. The highest BCUT2D eigenvalue weighted by Gasteiger charge is 2.45. The Hall–Kier alpha value is -2.41. The largest absolute Gasteiger partial charge is 0.416 e. The van der Waals surface area contributed by atoms with E-state index >= 15 is 0 Å². The molecule has 1 unspecified atom stereocenters. The molecule has 0 aliphatic carbocycles. The van der Waals surface area contributed by atoms with Crippen molar-refractivity contribution in [3.05, 3.63) is 71.0 Å². The summed E-state index contributed by atoms with van der Waals surface area (Å²) in [6, 6.07) is 12.0. The van der Waals surface area contributed by atoms with Gasteiger partial charge in [0.2, 0.25) is 5.91 Å². The number of rotatable bonds is 3. The van der Waals surface area contributed by atoms with E-state index in [0.29, 0.717) is 13.1 Å². The summed E-state index contributed by atoms with van der Waals surface area (Å²) in [7, 11) is 0. The molecule has 7 heteroatoms. The van der Waals surface area contributed by atoms with Crippen LogP contribution in [-0.2, 0) is 11.0 Å². The van der Waals surface area contributed by atoms with E-state index in [9.17, 15) is 22.4 Å². The van der Waals surface area contributed by atoms with Crippen molar-refractivity contribution in [3.8, 4) is 0 Å². The zero-order chi connectivity index (χ0) is 22.9. The topological polar surface area (TPSA) is 32.3 Å². The molecule has 1 spiro atoms. The summed E-state index contributed by atoms with van der Waals surface area (Å²) in [5.74, 6) is -1.16. The lowest BCUT2D eigenvalue weighted by Crippen LogP contribution is -2.51. The van der Waals surface area contributed by atoms with E-state index in [4.69, 9.17) is 0 Å². The van der Waals surface area contributed by atoms with E-state index in [2.05, 4.69) is 5.32 Å². The van der Waals surface area contributed by atoms with E-state index < -0.39 is 17.7 Å². The van der Waals surface area contributed by atoms with Crippen LogP contribution in [0.1, 0.15) is 54.7 Å². The Bertz CT molecular complexity index is 949. The van der Waals surface area contributed by atoms with Crippen LogP contribution in [0.5, 0.6) is 0 Å². The molecule has 1 amide bonds. The Morgan fingerprint density at radius 2 is 1.72 bits per heavy atom. The molecule has 2 saturated heterocycles. The predicted octanol–water partition coefficient (Wildman–Crippen LogP) is 5.33. The molecule has 0 saturated carbocycles. The van der Waals surface area contributed by atoms with Gasteiger partial charge in [-0.15, -0.1) is 0 Å². The average molecular weight is 449 g/mol. The Labute approximate surface area is 185 Å². The number of alkyl halides is 3. The van der Waals surface area contributed by atoms with Gasteiger partial charge in [0.15, 0.2) is 0 Å². The summed E-state index contributed by atoms with van der Waals surface area (Å²) in [6.07, 6.45) is -1.95. The molecular formula is C25H28F4N2O. The molecule has 0 bridgehead atoms. The fourth-order valence-electron chi connectivity index (χ4n) is 5.45. The maximum atomic E-state index is 13.4. The third kappa shape index (κ3) is 4.40. The zero-order valence-electron chi connectivity index (χ0n) is 18.1. The number of nitrogens with one attached hydrogen (secondary N) is 1. The molecule has 2 aliphatic heterocycles. The van der Waals surface area contributed by atoms with E-state index in [0.717, 1.165) is 44.0 Å². The minimum absolute atomic E-state index is 0.00692. The minimum Gasteiger partial charge on any atom is -0.342 e. The number of amides is 1. The van der Waals surface area contributed by atoms with Gasteiger partial charge in [0.25, 0.3) is 0 Å². The van der Waals surface area contributed by atoms with E-state index in [1.54, 1.807) is 17.9 Å². The fourth-order valence-corrected chi connectivity index (χ4v) is 5.45. The van der Waals surface area contributed by atoms with Crippen LogP contribution in [0.15, 0.2) is 48.5 Å². The van der Waals surface area contributed by atoms with Crippen molar-refractivity contribution in [2.75, 3.05) is 26.2 Å². The molecule has 4 rings (SSSR count). The number of hydrogen-bond donors (Lipinski definition) is 1. The smallest absolute Gasteiger partial charge is 0.342 e. The first-order valence-electron chi connectivity index (χ1n) is 11.1. The second kappa shape index (κ2) is 8.85. The maximum absolute atomic E-state index is 13.4. The third-order valence-corrected chi connectivity index (χ3v) is 7.33. The molecule has 2 atom stereocenters. The first-order chi connectivity index (χ1) is 15.2. The van der Waals surface area contributed by atoms with Gasteiger partial charge in [-0.05, 0) is 67.5 Å². The lowest BCUT2D eigenvalue weighted by atomic mass is 9.62. The zero-order valence-corrected chi connectivity index (χ0v) is 18.1. The van der Waals surface area contributed by atoms with E-state index in [1.165, 1.54) is 24.3 Å². The van der Waals surface area contributed by atoms with Crippen LogP contribution < -0.4 is 5.32 Å². The number of carbonyl (C=O) groups excluding carboxylic acids is 1. The van der Waals surface area contributed by atoms with Crippen LogP contribution in [0.4, 0.5) is 17.6 Å². The first kappa shape index (κ1) is 22.8. The molecular weight excluding hydrogens is 420 g/mol. The second-order valence-corrected chi connectivity index (χ2v) is 9.05. The molecule has 32 heavy (non-hydrogen) atoms. The standard InChI is InChI=1S/C25H28F4N2O/c1-17(20-4-2-3-5-21(20)25(27,28)29)23(32)31-14-11-24(12-15-31)10-13-30-16-22(24)18-6-8-19(26)9-7-18/h2-9,17,22,30H,10-16H2,1H3/t17?,22-/m0/s1. The minimum atomic E-state index is -4.49. The Balaban J connectivity index is 1.49. The summed E-state index contributed by atoms with van der Waals surface area (Å²) in [5, 5.41) is 3.43. The van der Waals surface area contributed by atoms with Gasteiger partial charge in [-0.1, -0.05) is 30.3 Å². The summed E-state index contributed by atoms with van der Waals surface area (Å²) in [4.78, 5) is 14.9. The van der Waals surface area contributed by atoms with Crippen molar-refractivity contribution in [2.45, 2.75) is 44.2 Å². The highest BCUT2D eigenvalue weighted by atomic mass is 19.4. The van der Waals surface area contributed by atoms with Crippen LogP contribution in [-0.4, -0.2) is 37.0 Å². The monoisotopic (exact) mass is 448 g/mol. The van der Waals surface area contributed by atoms with Gasteiger partial charge in [-0.3, -0.25) is 4.79 Å². The van der Waals surface area contributed by atoms with Crippen molar-refractivity contribution < 1.29 is 22.4 Å². The number of halogens is 4. The van der Waals surface area contributed by atoms with Crippen molar-refractivity contribution in [3.63, 3.8) is 0 Å². The number of carbonyl (C=O) groups is 1. The molecule has 2 fully saturated rings. The maximum Gasteiger partial charge on any atom is 0.416 e. The molecule has 3 nitrogen and oxygen atoms in total. The van der Waals surface area contributed by atoms with Crippen molar-refractivity contribution in [2.24, 2.45) is 5.41 Å². The van der Waals surface area contributed by atoms with Gasteiger partial charge in [-0.2, -0.15) is 13.2 Å². The molecule has 2 aromatic carbocycles. The fraction of sp³-hybridized carbons (Fsp3) is 0.480. The summed E-state index contributed by atoms with van der Waals surface area (Å²) < 4.78 is 53.7. The van der Waals surface area contributed by atoms with E-state index in [1.807, 2.05) is 12.1 Å². The van der Waals surface area contributed by atoms with E-state index in [-0.39, 0.29) is 28.6 Å². The van der Waals surface area contributed by atoms with Crippen LogP contribution in [0, 0.1) is 11.2 Å². The number of benzene rings is 2. The summed E-state index contributed by atoms with van der Waals surface area (Å²) in [6.45, 7) is 4.29. The highest BCUT2D eigenvalue weighted by molar-refractivity contribution is 5.84. The molecule has 0 radical (unpaired) electrons. The van der Waals surface area contributed by atoms with Crippen LogP contribution in [0.25, 0.3) is 0 Å². The van der Waals surface area contributed by atoms with Gasteiger partial charge >= 0.3 is 6.18 Å². The number of nitrogens with zero attached hydrogens (tertiary/aromatic N) is 1. The van der Waals surface area contributed by atoms with Gasteiger partial charge < -0.3 is 10.2 Å². The number of likely N-dealkylation sites (tertiary alicyclic amines) is 1. The van der Waals surface area contributed by atoms with Crippen molar-refractivity contribution in [1.29, 1.82) is 0 Å². The Morgan fingerprint density at radius 3 is 2.38 bits per heavy atom. The molecule has 2 aromatic rings. The van der Waals surface area contributed by atoms with Crippen molar-refractivity contribution in [1.82, 2.24) is 10.2 Å². The Morgan fingerprint density at radius 1 is 1.06 bits per heavy atom. The SMILES string of the molecule is CC(C(=O)N1CCC2(CCNC[C@H]2c2ccc(F)cc2)CC1)c1ccccc1C(F)(F)F. The molecule has 1 N–H and O–H groups in total. The predicted molar refractivity (Wildman–Crippen MR) is 115 cm³/mol. The van der Waals surface area contributed by atoms with Gasteiger partial charge in [0, 0.05) is 25.6 Å². The quantitative estimate of drug-likeness (QED) is 0.644. The second-order valence-electron chi connectivity index (χ2n) is 9.05. The van der Waals surface area contributed by atoms with Gasteiger partial charge in [-0.25, -0.2) is 4.39 Å². The van der Waals surface area contributed by atoms with Crippen LogP contribution >= 0.6 is 0 Å². The van der Waals surface area contributed by atoms with Gasteiger partial charge in [0.1, 0.15) is 5.82 Å². The first-order valence-corrected chi connectivity index (χ1v) is 11.1. The van der Waals surface area contributed by atoms with Crippen LogP contribution in [0.3, 0.4) is 0 Å². The Kier molecular flexibility index (Phi) is 6.30. The summed E-state index contributed by atoms with van der Waals surface area (Å²) >= 11 is 0. The molecule has 2 aliphatic rings. The molecule has 2 heterocycles. The lowest BCUT2D eigenvalue weighted by molar-refractivity contribution is -0.140. The van der Waals surface area contributed by atoms with Gasteiger partial charge in [0.05, 0.1) is 11.5 Å². The lowest BCUT2D eigenvalue weighted by Gasteiger charge is -2.50. The molecule has 0 aromatic heterocycles. The van der Waals surface area contributed by atoms with Crippen molar-refractivity contribution >= 4 is 5.91 Å². The highest BCUT2D eigenvalue weighted by Crippen LogP contribution is 2.49. The average Bonchev–Trinajstić information content (AvgIpc) is 2.79. The normalized spacial score (nSPS) is 22.0. The number of hydrogen-bond acceptors (Lipinski definition) is 2. The third-order valence-electron chi connectivity index (χ3n) is 7.33. The molecule has 172 valence electrons. The summed E-state index contributed by atoms with van der Waals surface area (Å²) in [5.41, 5.74) is 0.374. The van der Waals surface area contributed by atoms with Crippen LogP contribution in [0.2, 0.25) is 0 Å².